The van der Waals surface area contributed by atoms with Crippen LogP contribution in [-0.2, 0) is 0 Å². The molecule has 0 aromatic heterocycles. The van der Waals surface area contributed by atoms with Gasteiger partial charge in [0.25, 0.3) is 0 Å². The molecule has 8 heteroatoms. The quantitative estimate of drug-likeness (QED) is 0.197. The molecule has 0 saturated heterocycles. The van der Waals surface area contributed by atoms with Crippen LogP contribution >= 0.6 is 0 Å². The molecule has 1 fully saturated rings. The van der Waals surface area contributed by atoms with Crippen molar-refractivity contribution in [3.8, 4) is 22.6 Å². The zero-order valence-corrected chi connectivity index (χ0v) is 20.3. The summed E-state index contributed by atoms with van der Waals surface area (Å²) < 4.78 is 62.3. The molecule has 0 amide bonds. The fourth-order valence-corrected chi connectivity index (χ4v) is 4.99. The maximum atomic E-state index is 15.1. The molecule has 0 bridgehead atoms. The Bertz CT molecular complexity index is 1270. The van der Waals surface area contributed by atoms with Gasteiger partial charge in [-0.25, -0.2) is 13.6 Å². The largest absolute Gasteiger partial charge is 0.505 e. The third-order valence-corrected chi connectivity index (χ3v) is 7.11. The van der Waals surface area contributed by atoms with Crippen LogP contribution in [0, 0.1) is 29.2 Å². The van der Waals surface area contributed by atoms with E-state index in [-0.39, 0.29) is 29.1 Å². The fraction of sp³-hybridized carbons (Fsp3) is 0.345. The van der Waals surface area contributed by atoms with Crippen molar-refractivity contribution < 1.29 is 37.3 Å². The Hall–Kier alpha value is -3.39. The number of aromatic hydroxyl groups is 1. The second-order valence-corrected chi connectivity index (χ2v) is 9.48. The molecule has 0 radical (unpaired) electrons. The van der Waals surface area contributed by atoms with Gasteiger partial charge in [0.2, 0.25) is 11.6 Å². The minimum absolute atomic E-state index is 0.0175. The molecule has 4 nitrogen and oxygen atoms in total. The number of phenolic OH excluding ortho intramolecular Hbond substituents is 1. The molecule has 0 heterocycles. The number of hydrogen-bond acceptors (Lipinski definition) is 4. The van der Waals surface area contributed by atoms with Crippen LogP contribution in [-0.4, -0.2) is 22.3 Å². The lowest BCUT2D eigenvalue weighted by atomic mass is 9.75. The van der Waals surface area contributed by atoms with Gasteiger partial charge in [-0.1, -0.05) is 37.6 Å². The highest BCUT2D eigenvalue weighted by Gasteiger charge is 2.29. The number of phenols is 1. The highest BCUT2D eigenvalue weighted by molar-refractivity contribution is 5.91. The zero-order valence-electron chi connectivity index (χ0n) is 20.3. The van der Waals surface area contributed by atoms with E-state index in [1.807, 2.05) is 6.92 Å². The number of aliphatic hydroxyl groups excluding tert-OH is 1. The molecule has 196 valence electrons. The summed E-state index contributed by atoms with van der Waals surface area (Å²) in [5, 5.41) is 19.4. The van der Waals surface area contributed by atoms with Crippen LogP contribution in [0.1, 0.15) is 67.3 Å². The molecule has 1 aliphatic carbocycles. The van der Waals surface area contributed by atoms with E-state index < -0.39 is 40.7 Å². The predicted molar refractivity (Wildman–Crippen MR) is 130 cm³/mol. The summed E-state index contributed by atoms with van der Waals surface area (Å²) >= 11 is 0. The van der Waals surface area contributed by atoms with Gasteiger partial charge in [-0.15, -0.1) is 0 Å². The Kier molecular flexibility index (Phi) is 8.17. The summed E-state index contributed by atoms with van der Waals surface area (Å²) in [6, 6.07) is 10.3. The first-order valence-corrected chi connectivity index (χ1v) is 12.4. The van der Waals surface area contributed by atoms with Crippen molar-refractivity contribution in [1.29, 1.82) is 0 Å². The Balaban J connectivity index is 1.46. The smallest absolute Gasteiger partial charge is 0.343 e. The molecule has 3 aromatic carbocycles. The Morgan fingerprint density at radius 3 is 2.22 bits per heavy atom. The number of esters is 1. The number of carbonyl (C=O) groups is 1. The van der Waals surface area contributed by atoms with E-state index in [0.29, 0.717) is 24.0 Å². The van der Waals surface area contributed by atoms with Crippen LogP contribution in [0.3, 0.4) is 0 Å². The van der Waals surface area contributed by atoms with Crippen LogP contribution in [0.25, 0.3) is 11.1 Å². The van der Waals surface area contributed by atoms with E-state index in [0.717, 1.165) is 37.8 Å². The molecule has 0 aliphatic heterocycles. The Morgan fingerprint density at radius 1 is 0.892 bits per heavy atom. The molecule has 3 aromatic rings. The Morgan fingerprint density at radius 2 is 1.57 bits per heavy atom. The Labute approximate surface area is 212 Å². The van der Waals surface area contributed by atoms with E-state index in [2.05, 4.69) is 0 Å². The van der Waals surface area contributed by atoms with Crippen LogP contribution in [0.2, 0.25) is 0 Å². The molecule has 1 atom stereocenters. The lowest BCUT2D eigenvalue weighted by molar-refractivity contribution is 0.0722. The monoisotopic (exact) mass is 516 g/mol. The minimum atomic E-state index is -1.54. The van der Waals surface area contributed by atoms with E-state index in [9.17, 15) is 23.8 Å². The van der Waals surface area contributed by atoms with Crippen LogP contribution in [0.4, 0.5) is 17.6 Å². The van der Waals surface area contributed by atoms with Crippen LogP contribution in [0.5, 0.6) is 11.5 Å². The lowest BCUT2D eigenvalue weighted by Gasteiger charge is -2.32. The summed E-state index contributed by atoms with van der Waals surface area (Å²) in [6.45, 7) is 2.02. The van der Waals surface area contributed by atoms with Crippen molar-refractivity contribution in [2.75, 3.05) is 0 Å². The van der Waals surface area contributed by atoms with Gasteiger partial charge >= 0.3 is 5.97 Å². The minimum Gasteiger partial charge on any atom is -0.505 e. The zero-order chi connectivity index (χ0) is 26.7. The van der Waals surface area contributed by atoms with Gasteiger partial charge in [-0.05, 0) is 79.3 Å². The van der Waals surface area contributed by atoms with E-state index in [1.165, 1.54) is 30.3 Å². The van der Waals surface area contributed by atoms with Crippen molar-refractivity contribution in [1.82, 2.24) is 0 Å². The van der Waals surface area contributed by atoms with Crippen molar-refractivity contribution >= 4 is 5.97 Å². The molecule has 1 aliphatic rings. The van der Waals surface area contributed by atoms with Gasteiger partial charge in [0.15, 0.2) is 23.1 Å². The van der Waals surface area contributed by atoms with E-state index in [4.69, 9.17) is 4.74 Å². The first kappa shape index (κ1) is 26.7. The maximum absolute atomic E-state index is 15.1. The molecular formula is C29H28F4O4. The number of ether oxygens (including phenoxy) is 1. The van der Waals surface area contributed by atoms with Crippen molar-refractivity contribution in [3.63, 3.8) is 0 Å². The van der Waals surface area contributed by atoms with Crippen LogP contribution < -0.4 is 4.74 Å². The molecule has 37 heavy (non-hydrogen) atoms. The third-order valence-electron chi connectivity index (χ3n) is 7.11. The highest BCUT2D eigenvalue weighted by atomic mass is 19.2. The maximum Gasteiger partial charge on any atom is 0.343 e. The van der Waals surface area contributed by atoms with Gasteiger partial charge in [0.1, 0.15) is 0 Å². The number of hydrogen-bond donors (Lipinski definition) is 2. The molecule has 1 unspecified atom stereocenters. The SMILES string of the molecule is CCCC(O)C1CCC(c2ccc(-c3ccc(C(=O)Oc4ccc(O)c(F)c4F)cc3)c(F)c2F)CC1. The standard InChI is InChI=1S/C29H28F4O4/c1-2-3-22(34)18-8-4-16(5-9-18)20-12-13-21(26(31)25(20)30)17-6-10-19(11-7-17)29(36)37-24-15-14-23(35)27(32)28(24)33/h6-7,10-16,18,22,34-35H,2-5,8-9H2,1H3. The fourth-order valence-electron chi connectivity index (χ4n) is 4.99. The second-order valence-electron chi connectivity index (χ2n) is 9.48. The molecule has 1 saturated carbocycles. The molecule has 4 rings (SSSR count). The summed E-state index contributed by atoms with van der Waals surface area (Å²) in [4.78, 5) is 12.3. The molecule has 2 N–H and O–H groups in total. The number of halogens is 4. The third kappa shape index (κ3) is 5.64. The average Bonchev–Trinajstić information content (AvgIpc) is 2.91. The van der Waals surface area contributed by atoms with Crippen molar-refractivity contribution in [2.24, 2.45) is 5.92 Å². The van der Waals surface area contributed by atoms with Gasteiger partial charge in [0.05, 0.1) is 11.7 Å². The number of rotatable bonds is 7. The average molecular weight is 517 g/mol. The lowest BCUT2D eigenvalue weighted by Crippen LogP contribution is -2.25. The summed E-state index contributed by atoms with van der Waals surface area (Å²) in [5.74, 6) is -7.45. The summed E-state index contributed by atoms with van der Waals surface area (Å²) in [7, 11) is 0. The van der Waals surface area contributed by atoms with Gasteiger partial charge in [0, 0.05) is 5.56 Å². The first-order chi connectivity index (χ1) is 17.7. The van der Waals surface area contributed by atoms with Crippen molar-refractivity contribution in [2.45, 2.75) is 57.5 Å². The second kappa shape index (κ2) is 11.3. The van der Waals surface area contributed by atoms with Gasteiger partial charge in [-0.2, -0.15) is 8.78 Å². The van der Waals surface area contributed by atoms with E-state index >= 15 is 8.78 Å². The molecular weight excluding hydrogens is 488 g/mol. The van der Waals surface area contributed by atoms with E-state index in [1.54, 1.807) is 6.07 Å². The van der Waals surface area contributed by atoms with Crippen LogP contribution in [0.15, 0.2) is 48.5 Å². The number of aliphatic hydroxyl groups is 1. The first-order valence-electron chi connectivity index (χ1n) is 12.4. The van der Waals surface area contributed by atoms with Gasteiger partial charge in [-0.3, -0.25) is 0 Å². The summed E-state index contributed by atoms with van der Waals surface area (Å²) in [5.41, 5.74) is 0.664. The topological polar surface area (TPSA) is 66.8 Å². The molecule has 0 spiro atoms. The summed E-state index contributed by atoms with van der Waals surface area (Å²) in [6.07, 6.45) is 4.21. The predicted octanol–water partition coefficient (Wildman–Crippen LogP) is 7.27. The normalized spacial score (nSPS) is 18.4. The number of carbonyl (C=O) groups excluding carboxylic acids is 1. The van der Waals surface area contributed by atoms with Crippen molar-refractivity contribution in [3.05, 3.63) is 82.9 Å². The van der Waals surface area contributed by atoms with Gasteiger partial charge < -0.3 is 14.9 Å². The number of benzene rings is 3. The highest BCUT2D eigenvalue weighted by Crippen LogP contribution is 2.40.